The molecule has 91 valence electrons. The molecule has 1 heterocycles. The average Bonchev–Trinajstić information content (AvgIpc) is 2.59. The monoisotopic (exact) mass is 289 g/mol. The van der Waals surface area contributed by atoms with Crippen molar-refractivity contribution in [3.63, 3.8) is 0 Å². The largest absolute Gasteiger partial charge is 1.00 e. The third kappa shape index (κ3) is 5.90. The Morgan fingerprint density at radius 3 is 2.69 bits per heavy atom. The van der Waals surface area contributed by atoms with Gasteiger partial charge in [-0.1, -0.05) is 19.8 Å². The van der Waals surface area contributed by atoms with E-state index >= 15 is 0 Å². The van der Waals surface area contributed by atoms with E-state index in [9.17, 15) is 4.79 Å². The van der Waals surface area contributed by atoms with Crippen LogP contribution in [0.2, 0.25) is 0 Å². The first-order chi connectivity index (χ1) is 7.22. The second-order valence-electron chi connectivity index (χ2n) is 3.56. The van der Waals surface area contributed by atoms with E-state index in [4.69, 9.17) is 4.74 Å². The number of ether oxygens (including phenoxy) is 1. The molecule has 1 aliphatic rings. The first-order valence-electron chi connectivity index (χ1n) is 5.32. The van der Waals surface area contributed by atoms with Gasteiger partial charge in [0.1, 0.15) is 0 Å². The lowest BCUT2D eigenvalue weighted by Gasteiger charge is -2.04. The molecule has 0 amide bonds. The van der Waals surface area contributed by atoms with E-state index in [0.29, 0.717) is 6.61 Å². The molecular weight excluding hydrogens is 272 g/mol. The maximum Gasteiger partial charge on any atom is 0.564 e. The van der Waals surface area contributed by atoms with Crippen molar-refractivity contribution >= 4 is 5.97 Å². The lowest BCUT2D eigenvalue weighted by atomic mass is 10.3. The van der Waals surface area contributed by atoms with Crippen LogP contribution in [0.25, 0.3) is 0 Å². The van der Waals surface area contributed by atoms with Crippen molar-refractivity contribution < 1.29 is 26.5 Å². The number of carbonyl (C=O) groups excluding carboxylic acids is 1. The fourth-order valence-corrected chi connectivity index (χ4v) is 1.26. The first-order valence-corrected chi connectivity index (χ1v) is 5.32. The second-order valence-corrected chi connectivity index (χ2v) is 3.56. The molecule has 0 aromatic carbocycles. The fourth-order valence-electron chi connectivity index (χ4n) is 1.26. The van der Waals surface area contributed by atoms with Gasteiger partial charge < -0.3 is 21.7 Å². The lowest BCUT2D eigenvalue weighted by Crippen LogP contribution is -3.00. The summed E-state index contributed by atoms with van der Waals surface area (Å²) < 4.78 is 5.07. The molecule has 0 aliphatic carbocycles. The van der Waals surface area contributed by atoms with Gasteiger partial charge in [0.05, 0.1) is 26.1 Å². The molecule has 0 unspecified atom stereocenters. The van der Waals surface area contributed by atoms with E-state index < -0.39 is 0 Å². The molecule has 4 nitrogen and oxygen atoms in total. The van der Waals surface area contributed by atoms with Crippen LogP contribution in [0.5, 0.6) is 0 Å². The quantitative estimate of drug-likeness (QED) is 0.336. The zero-order chi connectivity index (χ0) is 11.1. The third-order valence-corrected chi connectivity index (χ3v) is 2.07. The number of carbonyl (C=O) groups is 1. The highest BCUT2D eigenvalue weighted by Crippen LogP contribution is 2.07. The molecule has 1 radical (unpaired) electrons. The summed E-state index contributed by atoms with van der Waals surface area (Å²) in [4.78, 5) is 14.8. The Morgan fingerprint density at radius 1 is 1.38 bits per heavy atom. The van der Waals surface area contributed by atoms with E-state index in [0.717, 1.165) is 19.3 Å². The predicted molar refractivity (Wildman–Crippen MR) is 57.3 cm³/mol. The number of nitrogens with zero attached hydrogens (tertiary/aromatic N) is 2. The highest BCUT2D eigenvalue weighted by atomic mass is 79.9. The Bertz CT molecular complexity index is 234. The number of hydrogen-bond acceptors (Lipinski definition) is 4. The van der Waals surface area contributed by atoms with Gasteiger partial charge in [-0.3, -0.25) is 0 Å². The maximum absolute atomic E-state index is 11.3. The standard InChI is InChI=1S/C11H18N2O2.BrH/c1-3-4-5-8-15-11(14)9-13-7-6-12(2)10-13;/h6-7H,3-5,8-9H2,1-2H3;1H/q+1;/p-1. The molecular formula is C11H18BrN2O2. The molecule has 0 aromatic rings. The number of esters is 1. The van der Waals surface area contributed by atoms with E-state index in [-0.39, 0.29) is 29.5 Å². The van der Waals surface area contributed by atoms with Crippen molar-refractivity contribution in [3.8, 4) is 0 Å². The summed E-state index contributed by atoms with van der Waals surface area (Å²) in [6.07, 6.45) is 6.83. The summed E-state index contributed by atoms with van der Waals surface area (Å²) >= 11 is 0. The summed E-state index contributed by atoms with van der Waals surface area (Å²) in [7, 11) is 1.86. The number of rotatable bonds is 6. The zero-order valence-corrected chi connectivity index (χ0v) is 11.4. The minimum absolute atomic E-state index is 0. The molecule has 0 atom stereocenters. The molecule has 0 aromatic heterocycles. The van der Waals surface area contributed by atoms with Crippen LogP contribution in [0.1, 0.15) is 26.2 Å². The average molecular weight is 290 g/mol. The van der Waals surface area contributed by atoms with Gasteiger partial charge in [-0.15, -0.1) is 9.80 Å². The van der Waals surface area contributed by atoms with Crippen molar-refractivity contribution in [3.05, 3.63) is 19.1 Å². The van der Waals surface area contributed by atoms with Crippen molar-refractivity contribution in [2.24, 2.45) is 0 Å². The number of unbranched alkanes of at least 4 members (excludes halogenated alkanes) is 2. The Kier molecular flexibility index (Phi) is 7.89. The molecule has 0 bridgehead atoms. The highest BCUT2D eigenvalue weighted by molar-refractivity contribution is 5.72. The number of halogens is 1. The van der Waals surface area contributed by atoms with Gasteiger partial charge >= 0.3 is 12.6 Å². The van der Waals surface area contributed by atoms with Gasteiger partial charge in [-0.25, -0.2) is 4.79 Å². The van der Waals surface area contributed by atoms with Gasteiger partial charge in [0, 0.05) is 0 Å². The fraction of sp³-hybridized carbons (Fsp3) is 0.636. The highest BCUT2D eigenvalue weighted by Gasteiger charge is 2.30. The minimum atomic E-state index is -0.196. The summed E-state index contributed by atoms with van der Waals surface area (Å²) in [5.74, 6) is -0.196. The SMILES string of the molecule is CCCCCOC(=O)CN1[C+]N(C)C=C1.[Br-]. The number of hydrogen-bond donors (Lipinski definition) is 0. The van der Waals surface area contributed by atoms with Crippen LogP contribution in [-0.2, 0) is 9.53 Å². The molecule has 0 saturated heterocycles. The molecule has 1 rings (SSSR count). The Hall–Kier alpha value is -0.840. The normalized spacial score (nSPS) is 13.4. The van der Waals surface area contributed by atoms with Gasteiger partial charge in [0.15, 0.2) is 6.54 Å². The summed E-state index contributed by atoms with van der Waals surface area (Å²) in [5.41, 5.74) is 0. The van der Waals surface area contributed by atoms with Crippen LogP contribution >= 0.6 is 0 Å². The van der Waals surface area contributed by atoms with Crippen molar-refractivity contribution in [2.75, 3.05) is 20.2 Å². The maximum atomic E-state index is 11.3. The van der Waals surface area contributed by atoms with Crippen molar-refractivity contribution in [2.45, 2.75) is 26.2 Å². The molecule has 0 spiro atoms. The van der Waals surface area contributed by atoms with Gasteiger partial charge in [-0.05, 0) is 6.42 Å². The molecule has 5 heteroatoms. The van der Waals surface area contributed by atoms with E-state index in [1.807, 2.05) is 13.2 Å². The van der Waals surface area contributed by atoms with Crippen molar-refractivity contribution in [1.29, 1.82) is 0 Å². The topological polar surface area (TPSA) is 32.8 Å². The van der Waals surface area contributed by atoms with Crippen LogP contribution < -0.4 is 17.0 Å². The molecule has 16 heavy (non-hydrogen) atoms. The smallest absolute Gasteiger partial charge is 0.564 e. The van der Waals surface area contributed by atoms with Crippen LogP contribution in [0, 0.1) is 6.67 Å². The Labute approximate surface area is 108 Å². The minimum Gasteiger partial charge on any atom is -1.00 e. The van der Waals surface area contributed by atoms with Gasteiger partial charge in [-0.2, -0.15) is 0 Å². The molecule has 0 saturated carbocycles. The third-order valence-electron chi connectivity index (χ3n) is 2.07. The van der Waals surface area contributed by atoms with Crippen LogP contribution in [-0.4, -0.2) is 36.0 Å². The lowest BCUT2D eigenvalue weighted by molar-refractivity contribution is -0.144. The van der Waals surface area contributed by atoms with Gasteiger partial charge in [0.2, 0.25) is 0 Å². The van der Waals surface area contributed by atoms with E-state index in [2.05, 4.69) is 13.6 Å². The van der Waals surface area contributed by atoms with Crippen LogP contribution in [0.15, 0.2) is 12.4 Å². The Balaban J connectivity index is 0.00000225. The molecule has 0 fully saturated rings. The van der Waals surface area contributed by atoms with Crippen LogP contribution in [0.4, 0.5) is 0 Å². The first kappa shape index (κ1) is 15.2. The van der Waals surface area contributed by atoms with E-state index in [1.54, 1.807) is 16.0 Å². The second kappa shape index (κ2) is 8.33. The predicted octanol–water partition coefficient (Wildman–Crippen LogP) is -1.56. The van der Waals surface area contributed by atoms with Crippen LogP contribution in [0.3, 0.4) is 0 Å². The van der Waals surface area contributed by atoms with Gasteiger partial charge in [0.25, 0.3) is 0 Å². The summed E-state index contributed by atoms with van der Waals surface area (Å²) in [5, 5.41) is 0. The van der Waals surface area contributed by atoms with E-state index in [1.165, 1.54) is 0 Å². The summed E-state index contributed by atoms with van der Waals surface area (Å²) in [6.45, 7) is 5.83. The summed E-state index contributed by atoms with van der Waals surface area (Å²) in [6, 6.07) is 0. The molecule has 1 aliphatic heterocycles. The van der Waals surface area contributed by atoms with Crippen molar-refractivity contribution in [1.82, 2.24) is 9.80 Å². The zero-order valence-electron chi connectivity index (χ0n) is 9.78. The Morgan fingerprint density at radius 2 is 2.12 bits per heavy atom. The molecule has 0 N–H and O–H groups in total.